The van der Waals surface area contributed by atoms with Crippen LogP contribution in [0.15, 0.2) is 35.9 Å². The minimum Gasteiger partial charge on any atom is -0.508 e. The number of allylic oxidation sites excluding steroid dienone is 1. The zero-order valence-corrected chi connectivity index (χ0v) is 10.4. The molecule has 0 heterocycles. The van der Waals surface area contributed by atoms with Gasteiger partial charge in [-0.05, 0) is 56.8 Å². The van der Waals surface area contributed by atoms with Gasteiger partial charge in [-0.1, -0.05) is 23.8 Å². The molecule has 17 heavy (non-hydrogen) atoms. The second-order valence-electron chi connectivity index (χ2n) is 4.91. The number of hydrogen-bond donors (Lipinski definition) is 2. The van der Waals surface area contributed by atoms with Gasteiger partial charge < -0.3 is 10.4 Å². The molecule has 0 spiro atoms. The summed E-state index contributed by atoms with van der Waals surface area (Å²) in [6, 6.07) is 8.26. The third-order valence-corrected chi connectivity index (χ3v) is 3.07. The number of phenols is 1. The summed E-state index contributed by atoms with van der Waals surface area (Å²) < 4.78 is 0. The number of hydrogen-bond acceptors (Lipinski definition) is 2. The summed E-state index contributed by atoms with van der Waals surface area (Å²) in [4.78, 5) is 0. The van der Waals surface area contributed by atoms with Crippen molar-refractivity contribution in [3.63, 3.8) is 0 Å². The Labute approximate surface area is 103 Å². The molecule has 2 rings (SSSR count). The molecule has 2 N–H and O–H groups in total. The number of phenolic OH excluding ortho intramolecular Hbond substituents is 1. The summed E-state index contributed by atoms with van der Waals surface area (Å²) in [6.07, 6.45) is 7.11. The zero-order chi connectivity index (χ0) is 12.1. The van der Waals surface area contributed by atoms with Crippen molar-refractivity contribution in [3.05, 3.63) is 41.5 Å². The standard InChI is InChI=1S/C15H21NO/c1-12(3-2-10-16-14-6-7-14)11-13-4-8-15(17)9-5-13/h3-5,8-9,14,16-17H,2,6-7,10-11H2,1H3. The lowest BCUT2D eigenvalue weighted by molar-refractivity contribution is 0.475. The van der Waals surface area contributed by atoms with E-state index < -0.39 is 0 Å². The number of nitrogens with one attached hydrogen (secondary N) is 1. The molecule has 1 saturated carbocycles. The normalized spacial score (nSPS) is 16.2. The van der Waals surface area contributed by atoms with E-state index in [0.717, 1.165) is 25.4 Å². The van der Waals surface area contributed by atoms with Crippen LogP contribution in [0.1, 0.15) is 31.7 Å². The van der Waals surface area contributed by atoms with Crippen molar-refractivity contribution in [1.29, 1.82) is 0 Å². The Morgan fingerprint density at radius 3 is 2.71 bits per heavy atom. The van der Waals surface area contributed by atoms with E-state index in [0.29, 0.717) is 5.75 Å². The van der Waals surface area contributed by atoms with Crippen molar-refractivity contribution >= 4 is 0 Å². The highest BCUT2D eigenvalue weighted by Crippen LogP contribution is 2.18. The Kier molecular flexibility index (Phi) is 4.21. The van der Waals surface area contributed by atoms with Gasteiger partial charge >= 0.3 is 0 Å². The molecular weight excluding hydrogens is 210 g/mol. The van der Waals surface area contributed by atoms with Gasteiger partial charge in [-0.3, -0.25) is 0 Å². The molecule has 92 valence electrons. The molecule has 1 fully saturated rings. The minimum atomic E-state index is 0.337. The maximum atomic E-state index is 9.20. The molecule has 2 heteroatoms. The molecule has 1 aromatic carbocycles. The molecule has 2 nitrogen and oxygen atoms in total. The first-order chi connectivity index (χ1) is 8.24. The SMILES string of the molecule is CC(=CCCNC1CC1)Cc1ccc(O)cc1. The van der Waals surface area contributed by atoms with Crippen LogP contribution in [0.5, 0.6) is 5.75 Å². The molecule has 1 aliphatic rings. The van der Waals surface area contributed by atoms with Crippen molar-refractivity contribution in [2.24, 2.45) is 0 Å². The fourth-order valence-electron chi connectivity index (χ4n) is 1.90. The number of benzene rings is 1. The van der Waals surface area contributed by atoms with E-state index in [1.165, 1.54) is 24.0 Å². The lowest BCUT2D eigenvalue weighted by Gasteiger charge is -2.03. The van der Waals surface area contributed by atoms with Crippen LogP contribution in [-0.4, -0.2) is 17.7 Å². The third-order valence-electron chi connectivity index (χ3n) is 3.07. The first-order valence-electron chi connectivity index (χ1n) is 6.41. The predicted octanol–water partition coefficient (Wildman–Crippen LogP) is 3.02. The Morgan fingerprint density at radius 1 is 1.35 bits per heavy atom. The van der Waals surface area contributed by atoms with Crippen LogP contribution < -0.4 is 5.32 Å². The second-order valence-corrected chi connectivity index (χ2v) is 4.91. The van der Waals surface area contributed by atoms with Crippen molar-refractivity contribution < 1.29 is 5.11 Å². The van der Waals surface area contributed by atoms with Crippen LogP contribution in [-0.2, 0) is 6.42 Å². The summed E-state index contributed by atoms with van der Waals surface area (Å²) in [5, 5.41) is 12.7. The van der Waals surface area contributed by atoms with Crippen LogP contribution in [0.4, 0.5) is 0 Å². The largest absolute Gasteiger partial charge is 0.508 e. The molecular formula is C15H21NO. The summed E-state index contributed by atoms with van der Waals surface area (Å²) in [7, 11) is 0. The van der Waals surface area contributed by atoms with Gasteiger partial charge in [-0.15, -0.1) is 0 Å². The molecule has 0 amide bonds. The predicted molar refractivity (Wildman–Crippen MR) is 71.2 cm³/mol. The summed E-state index contributed by atoms with van der Waals surface area (Å²) in [5.74, 6) is 0.337. The highest BCUT2D eigenvalue weighted by molar-refractivity contribution is 5.28. The maximum Gasteiger partial charge on any atom is 0.115 e. The van der Waals surface area contributed by atoms with Crippen LogP contribution in [0.3, 0.4) is 0 Å². The van der Waals surface area contributed by atoms with Gasteiger partial charge in [0.05, 0.1) is 0 Å². The molecule has 1 aromatic rings. The average molecular weight is 231 g/mol. The monoisotopic (exact) mass is 231 g/mol. The Bertz CT molecular complexity index is 376. The van der Waals surface area contributed by atoms with Gasteiger partial charge in [0, 0.05) is 6.04 Å². The van der Waals surface area contributed by atoms with E-state index in [1.54, 1.807) is 12.1 Å². The number of aromatic hydroxyl groups is 1. The topological polar surface area (TPSA) is 32.3 Å². The van der Waals surface area contributed by atoms with Gasteiger partial charge in [-0.2, -0.15) is 0 Å². The second kappa shape index (κ2) is 5.87. The van der Waals surface area contributed by atoms with E-state index in [1.807, 2.05) is 12.1 Å². The van der Waals surface area contributed by atoms with Crippen LogP contribution in [0.2, 0.25) is 0 Å². The molecule has 1 aliphatic carbocycles. The molecule has 0 saturated heterocycles. The van der Waals surface area contributed by atoms with Crippen LogP contribution >= 0.6 is 0 Å². The van der Waals surface area contributed by atoms with E-state index in [4.69, 9.17) is 0 Å². The molecule has 0 radical (unpaired) electrons. The Morgan fingerprint density at radius 2 is 2.06 bits per heavy atom. The smallest absolute Gasteiger partial charge is 0.115 e. The highest BCUT2D eigenvalue weighted by atomic mass is 16.3. The van der Waals surface area contributed by atoms with Gasteiger partial charge in [0.25, 0.3) is 0 Å². The van der Waals surface area contributed by atoms with E-state index >= 15 is 0 Å². The van der Waals surface area contributed by atoms with Gasteiger partial charge in [-0.25, -0.2) is 0 Å². The average Bonchev–Trinajstić information content (AvgIpc) is 3.12. The van der Waals surface area contributed by atoms with E-state index in [-0.39, 0.29) is 0 Å². The van der Waals surface area contributed by atoms with Crippen LogP contribution in [0.25, 0.3) is 0 Å². The van der Waals surface area contributed by atoms with E-state index in [9.17, 15) is 5.11 Å². The van der Waals surface area contributed by atoms with Crippen molar-refractivity contribution in [3.8, 4) is 5.75 Å². The summed E-state index contributed by atoms with van der Waals surface area (Å²) in [6.45, 7) is 3.27. The minimum absolute atomic E-state index is 0.337. The third kappa shape index (κ3) is 4.61. The summed E-state index contributed by atoms with van der Waals surface area (Å²) in [5.41, 5.74) is 2.65. The van der Waals surface area contributed by atoms with Gasteiger partial charge in [0.1, 0.15) is 5.75 Å². The molecule has 0 aliphatic heterocycles. The van der Waals surface area contributed by atoms with Crippen molar-refractivity contribution in [2.45, 2.75) is 38.6 Å². The number of rotatable bonds is 6. The van der Waals surface area contributed by atoms with Crippen LogP contribution in [0, 0.1) is 0 Å². The fourth-order valence-corrected chi connectivity index (χ4v) is 1.90. The lowest BCUT2D eigenvalue weighted by atomic mass is 10.1. The Hall–Kier alpha value is -1.28. The van der Waals surface area contributed by atoms with Crippen molar-refractivity contribution in [2.75, 3.05) is 6.54 Å². The molecule has 0 unspecified atom stereocenters. The lowest BCUT2D eigenvalue weighted by Crippen LogP contribution is -2.16. The fraction of sp³-hybridized carbons (Fsp3) is 0.467. The maximum absolute atomic E-state index is 9.20. The summed E-state index contributed by atoms with van der Waals surface area (Å²) >= 11 is 0. The van der Waals surface area contributed by atoms with E-state index in [2.05, 4.69) is 18.3 Å². The first kappa shape index (κ1) is 12.2. The first-order valence-corrected chi connectivity index (χ1v) is 6.41. The highest BCUT2D eigenvalue weighted by Gasteiger charge is 2.19. The quantitative estimate of drug-likeness (QED) is 0.582. The Balaban J connectivity index is 1.72. The molecule has 0 aromatic heterocycles. The van der Waals surface area contributed by atoms with Gasteiger partial charge in [0.15, 0.2) is 0 Å². The van der Waals surface area contributed by atoms with Gasteiger partial charge in [0.2, 0.25) is 0 Å². The zero-order valence-electron chi connectivity index (χ0n) is 10.4. The molecule has 0 atom stereocenters. The van der Waals surface area contributed by atoms with Crippen molar-refractivity contribution in [1.82, 2.24) is 5.32 Å². The molecule has 0 bridgehead atoms.